The van der Waals surface area contributed by atoms with Crippen molar-refractivity contribution in [1.29, 1.82) is 0 Å². The Morgan fingerprint density at radius 2 is 1.76 bits per heavy atom. The van der Waals surface area contributed by atoms with Gasteiger partial charge in [-0.3, -0.25) is 14.6 Å². The minimum Gasteiger partial charge on any atom is -0.423 e. The summed E-state index contributed by atoms with van der Waals surface area (Å²) in [5, 5.41) is 11.8. The number of sulfonamides is 1. The number of nitrogens with one attached hydrogen (secondary N) is 1. The number of halogens is 3. The highest BCUT2D eigenvalue weighted by Gasteiger charge is 2.35. The Bertz CT molecular complexity index is 1510. The summed E-state index contributed by atoms with van der Waals surface area (Å²) in [6.07, 6.45) is -5.72. The highest BCUT2D eigenvalue weighted by atomic mass is 32.2. The van der Waals surface area contributed by atoms with Crippen LogP contribution in [0.25, 0.3) is 16.9 Å². The van der Waals surface area contributed by atoms with Crippen LogP contribution in [0, 0.1) is 6.92 Å². The van der Waals surface area contributed by atoms with Crippen LogP contribution in [0.15, 0.2) is 70.0 Å². The SMILES string of the molecule is CCN(CC(=O)NS(=O)(=O)c1ccc(-n2nc(C(F)(F)F)cc2-c2ccc(C)cc2)cc1)/N=N\OC(C)OC(C)=O. The molecular weight excluding hydrogens is 569 g/mol. The number of benzene rings is 2. The van der Waals surface area contributed by atoms with Crippen LogP contribution in [0.1, 0.15) is 32.0 Å². The van der Waals surface area contributed by atoms with Crippen molar-refractivity contribution < 1.29 is 40.8 Å². The van der Waals surface area contributed by atoms with Crippen LogP contribution in [0.4, 0.5) is 13.2 Å². The van der Waals surface area contributed by atoms with Crippen LogP contribution < -0.4 is 4.72 Å². The highest BCUT2D eigenvalue weighted by molar-refractivity contribution is 7.90. The topological polar surface area (TPSA) is 145 Å². The molecule has 1 heterocycles. The number of alkyl halides is 3. The van der Waals surface area contributed by atoms with E-state index in [1.165, 1.54) is 26.0 Å². The van der Waals surface area contributed by atoms with Crippen molar-refractivity contribution in [1.82, 2.24) is 19.5 Å². The Hall–Kier alpha value is -4.47. The molecule has 0 bridgehead atoms. The number of amides is 1. The lowest BCUT2D eigenvalue weighted by Gasteiger charge is -2.15. The number of hydrogen-bond donors (Lipinski definition) is 1. The molecule has 3 rings (SSSR count). The molecule has 1 atom stereocenters. The molecule has 16 heteroatoms. The van der Waals surface area contributed by atoms with Crippen molar-refractivity contribution in [3.8, 4) is 16.9 Å². The van der Waals surface area contributed by atoms with E-state index in [9.17, 15) is 31.2 Å². The summed E-state index contributed by atoms with van der Waals surface area (Å²) >= 11 is 0. The third-order valence-corrected chi connectivity index (χ3v) is 6.76. The van der Waals surface area contributed by atoms with Gasteiger partial charge in [0, 0.05) is 31.2 Å². The van der Waals surface area contributed by atoms with Crippen molar-refractivity contribution in [3.05, 3.63) is 65.9 Å². The lowest BCUT2D eigenvalue weighted by molar-refractivity contribution is -0.175. The number of carbonyl (C=O) groups excluding carboxylic acids is 2. The van der Waals surface area contributed by atoms with Gasteiger partial charge in [0.2, 0.25) is 0 Å². The van der Waals surface area contributed by atoms with Gasteiger partial charge in [-0.15, -0.1) is 0 Å². The van der Waals surface area contributed by atoms with Gasteiger partial charge in [-0.25, -0.2) is 17.8 Å². The van der Waals surface area contributed by atoms with Crippen LogP contribution in [0.2, 0.25) is 0 Å². The third kappa shape index (κ3) is 8.51. The second kappa shape index (κ2) is 12.8. The van der Waals surface area contributed by atoms with Gasteiger partial charge in [-0.2, -0.15) is 18.3 Å². The zero-order chi connectivity index (χ0) is 30.4. The summed E-state index contributed by atoms with van der Waals surface area (Å²) < 4.78 is 73.6. The molecule has 220 valence electrons. The molecule has 3 aromatic rings. The van der Waals surface area contributed by atoms with Crippen molar-refractivity contribution in [3.63, 3.8) is 0 Å². The molecule has 2 aromatic carbocycles. The van der Waals surface area contributed by atoms with Crippen LogP contribution in [0.3, 0.4) is 0 Å². The molecule has 0 aliphatic rings. The number of esters is 1. The van der Waals surface area contributed by atoms with E-state index in [1.54, 1.807) is 31.2 Å². The number of aryl methyl sites for hydroxylation is 1. The molecule has 0 saturated heterocycles. The lowest BCUT2D eigenvalue weighted by atomic mass is 10.1. The van der Waals surface area contributed by atoms with Gasteiger partial charge in [-0.1, -0.05) is 29.8 Å². The molecule has 1 N–H and O–H groups in total. The number of carbonyl (C=O) groups is 2. The highest BCUT2D eigenvalue weighted by Crippen LogP contribution is 2.33. The van der Waals surface area contributed by atoms with Crippen LogP contribution in [0.5, 0.6) is 0 Å². The molecule has 0 spiro atoms. The van der Waals surface area contributed by atoms with Gasteiger partial charge < -0.3 is 9.57 Å². The van der Waals surface area contributed by atoms with E-state index in [1.807, 2.05) is 11.6 Å². The first kappa shape index (κ1) is 31.1. The minimum absolute atomic E-state index is 0.154. The average Bonchev–Trinajstić information content (AvgIpc) is 3.34. The van der Waals surface area contributed by atoms with E-state index >= 15 is 0 Å². The molecule has 0 fully saturated rings. The fraction of sp³-hybridized carbons (Fsp3) is 0.320. The van der Waals surface area contributed by atoms with Crippen LogP contribution in [-0.2, 0) is 35.4 Å². The van der Waals surface area contributed by atoms with E-state index in [0.29, 0.717) is 5.56 Å². The third-order valence-electron chi connectivity index (χ3n) is 5.37. The first-order valence-corrected chi connectivity index (χ1v) is 13.6. The molecule has 1 unspecified atom stereocenters. The van der Waals surface area contributed by atoms with E-state index in [-0.39, 0.29) is 22.8 Å². The number of rotatable bonds is 11. The van der Waals surface area contributed by atoms with Gasteiger partial charge in [-0.05, 0) is 49.4 Å². The summed E-state index contributed by atoms with van der Waals surface area (Å²) in [4.78, 5) is 27.8. The van der Waals surface area contributed by atoms with Gasteiger partial charge >= 0.3 is 12.1 Å². The molecular formula is C25H27F3N6O6S. The lowest BCUT2D eigenvalue weighted by Crippen LogP contribution is -2.38. The van der Waals surface area contributed by atoms with Gasteiger partial charge in [0.1, 0.15) is 6.54 Å². The second-order valence-electron chi connectivity index (χ2n) is 8.65. The minimum atomic E-state index is -4.70. The average molecular weight is 597 g/mol. The zero-order valence-electron chi connectivity index (χ0n) is 22.4. The number of ether oxygens (including phenoxy) is 1. The Morgan fingerprint density at radius 1 is 1.12 bits per heavy atom. The predicted molar refractivity (Wildman–Crippen MR) is 138 cm³/mol. The maximum atomic E-state index is 13.4. The summed E-state index contributed by atoms with van der Waals surface area (Å²) in [5.41, 5.74) is 0.607. The number of likely N-dealkylation sites (N-methyl/N-ethyl adjacent to an activating group) is 1. The van der Waals surface area contributed by atoms with E-state index in [0.717, 1.165) is 33.5 Å². The monoisotopic (exact) mass is 596 g/mol. The normalized spacial score (nSPS) is 12.7. The molecule has 1 amide bonds. The molecule has 0 radical (unpaired) electrons. The summed E-state index contributed by atoms with van der Waals surface area (Å²) in [6, 6.07) is 12.5. The molecule has 12 nitrogen and oxygen atoms in total. The zero-order valence-corrected chi connectivity index (χ0v) is 23.2. The van der Waals surface area contributed by atoms with Crippen LogP contribution in [-0.4, -0.2) is 54.5 Å². The van der Waals surface area contributed by atoms with Crippen molar-refractivity contribution in [2.75, 3.05) is 13.1 Å². The maximum Gasteiger partial charge on any atom is 0.435 e. The predicted octanol–water partition coefficient (Wildman–Crippen LogP) is 4.20. The Labute approximate surface area is 233 Å². The Kier molecular flexibility index (Phi) is 9.70. The Balaban J connectivity index is 1.76. The van der Waals surface area contributed by atoms with E-state index < -0.39 is 46.6 Å². The van der Waals surface area contributed by atoms with Gasteiger partial charge in [0.05, 0.1) is 16.3 Å². The summed E-state index contributed by atoms with van der Waals surface area (Å²) in [6.45, 7) is 5.69. The van der Waals surface area contributed by atoms with Crippen LogP contribution >= 0.6 is 0 Å². The first-order chi connectivity index (χ1) is 19.2. The fourth-order valence-corrected chi connectivity index (χ4v) is 4.40. The largest absolute Gasteiger partial charge is 0.435 e. The number of hydrogen-bond acceptors (Lipinski definition) is 9. The van der Waals surface area contributed by atoms with E-state index in [4.69, 9.17) is 9.57 Å². The Morgan fingerprint density at radius 3 is 2.32 bits per heavy atom. The van der Waals surface area contributed by atoms with Gasteiger partial charge in [0.25, 0.3) is 22.2 Å². The molecule has 41 heavy (non-hydrogen) atoms. The molecule has 1 aromatic heterocycles. The van der Waals surface area contributed by atoms with Crippen molar-refractivity contribution >= 4 is 21.9 Å². The van der Waals surface area contributed by atoms with Crippen molar-refractivity contribution in [2.45, 2.75) is 45.1 Å². The summed E-state index contributed by atoms with van der Waals surface area (Å²) in [7, 11) is -4.34. The quantitative estimate of drug-likeness (QED) is 0.150. The number of aromatic nitrogens is 2. The van der Waals surface area contributed by atoms with Gasteiger partial charge in [0.15, 0.2) is 5.69 Å². The summed E-state index contributed by atoms with van der Waals surface area (Å²) in [5.74, 6) is -1.54. The molecule has 0 saturated carbocycles. The number of nitrogens with zero attached hydrogens (tertiary/aromatic N) is 5. The second-order valence-corrected chi connectivity index (χ2v) is 10.3. The van der Waals surface area contributed by atoms with Crippen molar-refractivity contribution in [2.24, 2.45) is 10.5 Å². The first-order valence-electron chi connectivity index (χ1n) is 12.1. The van der Waals surface area contributed by atoms with E-state index in [2.05, 4.69) is 15.6 Å². The standard InChI is InChI=1S/C25H27F3N6O6S/c1-5-33(31-32-40-18(4)39-17(3)35)15-24(36)30-41(37,38)21-12-10-20(11-13-21)34-22(14-23(29-34)25(26,27)28)19-8-6-16(2)7-9-19/h6-14,18H,5,15H2,1-4H3,(H,30,36)/b32-31-. The molecule has 0 aliphatic carbocycles. The maximum absolute atomic E-state index is 13.4. The molecule has 0 aliphatic heterocycles. The fourth-order valence-electron chi connectivity index (χ4n) is 3.42. The smallest absolute Gasteiger partial charge is 0.423 e.